The van der Waals surface area contributed by atoms with Gasteiger partial charge >= 0.3 is 0 Å². The molecule has 0 spiro atoms. The fourth-order valence-corrected chi connectivity index (χ4v) is 4.60. The molecule has 1 atom stereocenters. The van der Waals surface area contributed by atoms with Crippen molar-refractivity contribution in [3.63, 3.8) is 0 Å². The number of nitrogens with zero attached hydrogens (tertiary/aromatic N) is 3. The second-order valence-electron chi connectivity index (χ2n) is 9.91. The topological polar surface area (TPSA) is 65.9 Å². The molecule has 0 radical (unpaired) electrons. The fraction of sp³-hybridized carbons (Fsp3) is 0.538. The van der Waals surface area contributed by atoms with Gasteiger partial charge in [-0.3, -0.25) is 4.79 Å². The van der Waals surface area contributed by atoms with E-state index in [2.05, 4.69) is 9.88 Å². The zero-order valence-electron chi connectivity index (χ0n) is 19.5. The Hall–Kier alpha value is -2.51. The molecule has 1 aromatic carbocycles. The predicted octanol–water partition coefficient (Wildman–Crippen LogP) is 3.79. The van der Waals surface area contributed by atoms with E-state index in [4.69, 9.17) is 4.74 Å². The minimum atomic E-state index is -1.15. The van der Waals surface area contributed by atoms with Crippen LogP contribution in [-0.2, 0) is 0 Å². The first kappa shape index (κ1) is 23.6. The molecule has 1 aromatic heterocycles. The fourth-order valence-electron chi connectivity index (χ4n) is 4.60. The van der Waals surface area contributed by atoms with Crippen LogP contribution in [0.15, 0.2) is 42.6 Å². The summed E-state index contributed by atoms with van der Waals surface area (Å²) in [6.07, 6.45) is 4.03. The highest BCUT2D eigenvalue weighted by Gasteiger charge is 2.26. The molecule has 1 N–H and O–H groups in total. The van der Waals surface area contributed by atoms with Crippen molar-refractivity contribution in [1.82, 2.24) is 14.8 Å². The number of carbonyl (C=O) groups excluding carboxylic acids is 1. The van der Waals surface area contributed by atoms with Gasteiger partial charge < -0.3 is 19.6 Å². The van der Waals surface area contributed by atoms with E-state index in [0.717, 1.165) is 37.1 Å². The van der Waals surface area contributed by atoms with Gasteiger partial charge in [0.1, 0.15) is 5.67 Å². The summed E-state index contributed by atoms with van der Waals surface area (Å²) >= 11 is 0. The van der Waals surface area contributed by atoms with Gasteiger partial charge in [-0.25, -0.2) is 9.37 Å². The van der Waals surface area contributed by atoms with Gasteiger partial charge in [-0.15, -0.1) is 0 Å². The number of ether oxygens (including phenoxy) is 1. The van der Waals surface area contributed by atoms with Crippen molar-refractivity contribution < 1.29 is 19.0 Å². The Morgan fingerprint density at radius 1 is 1.09 bits per heavy atom. The Bertz CT molecular complexity index is 919. The lowest BCUT2D eigenvalue weighted by Gasteiger charge is -2.34. The lowest BCUT2D eigenvalue weighted by Crippen LogP contribution is -2.41. The first-order valence-electron chi connectivity index (χ1n) is 11.8. The number of rotatable bonds is 7. The summed E-state index contributed by atoms with van der Waals surface area (Å²) in [6, 6.07) is 11.3. The number of β-amino-alcohol motifs (C(OH)–C–C–N with tert-alkyl or cyclic N) is 1. The monoisotopic (exact) mass is 455 g/mol. The lowest BCUT2D eigenvalue weighted by molar-refractivity contribution is 0.0765. The number of amides is 1. The average Bonchev–Trinajstić information content (AvgIpc) is 3.24. The number of likely N-dealkylation sites (tertiary alicyclic amines) is 2. The quantitative estimate of drug-likeness (QED) is 0.688. The van der Waals surface area contributed by atoms with Crippen LogP contribution in [-0.4, -0.2) is 76.9 Å². The van der Waals surface area contributed by atoms with Crippen molar-refractivity contribution in [3.05, 3.63) is 48.2 Å². The van der Waals surface area contributed by atoms with Crippen molar-refractivity contribution in [3.8, 4) is 17.0 Å². The van der Waals surface area contributed by atoms with Crippen LogP contribution in [0.2, 0.25) is 0 Å². The number of piperidine rings is 1. The van der Waals surface area contributed by atoms with Crippen molar-refractivity contribution >= 4 is 5.91 Å². The van der Waals surface area contributed by atoms with Gasteiger partial charge in [0, 0.05) is 43.0 Å². The first-order chi connectivity index (χ1) is 15.8. The van der Waals surface area contributed by atoms with Gasteiger partial charge in [-0.1, -0.05) is 12.1 Å². The molecule has 2 aromatic rings. The van der Waals surface area contributed by atoms with Gasteiger partial charge in [0.15, 0.2) is 0 Å². The summed E-state index contributed by atoms with van der Waals surface area (Å²) in [6.45, 7) is 7.19. The van der Waals surface area contributed by atoms with Gasteiger partial charge in [-0.2, -0.15) is 0 Å². The zero-order valence-corrected chi connectivity index (χ0v) is 19.5. The molecule has 4 rings (SSSR count). The van der Waals surface area contributed by atoms with Crippen molar-refractivity contribution in [1.29, 1.82) is 0 Å². The SMILES string of the molecule is CC(C)(F)CN1CCC(COc2ccc(-c3ccc(C(=O)N4CC[C@H](O)C4)cc3)cn2)CC1. The van der Waals surface area contributed by atoms with Crippen LogP contribution in [0.1, 0.15) is 43.5 Å². The molecular weight excluding hydrogens is 421 g/mol. The smallest absolute Gasteiger partial charge is 0.253 e. The Morgan fingerprint density at radius 3 is 2.36 bits per heavy atom. The van der Waals surface area contributed by atoms with Crippen LogP contribution in [0.5, 0.6) is 5.88 Å². The molecule has 7 heteroatoms. The number of hydrogen-bond donors (Lipinski definition) is 1. The molecule has 2 fully saturated rings. The molecule has 3 heterocycles. The largest absolute Gasteiger partial charge is 0.477 e. The van der Waals surface area contributed by atoms with Crippen LogP contribution in [0.25, 0.3) is 11.1 Å². The maximum absolute atomic E-state index is 13.8. The summed E-state index contributed by atoms with van der Waals surface area (Å²) in [5, 5.41) is 9.64. The molecule has 2 aliphatic rings. The molecule has 2 saturated heterocycles. The average molecular weight is 456 g/mol. The summed E-state index contributed by atoms with van der Waals surface area (Å²) in [5.41, 5.74) is 1.42. The predicted molar refractivity (Wildman–Crippen MR) is 126 cm³/mol. The van der Waals surface area contributed by atoms with Gasteiger partial charge in [0.2, 0.25) is 5.88 Å². The van der Waals surface area contributed by atoms with Crippen molar-refractivity contribution in [2.24, 2.45) is 5.92 Å². The van der Waals surface area contributed by atoms with E-state index in [1.54, 1.807) is 24.9 Å². The Morgan fingerprint density at radius 2 is 1.79 bits per heavy atom. The van der Waals surface area contributed by atoms with E-state index in [0.29, 0.717) is 50.0 Å². The number of pyridine rings is 1. The lowest BCUT2D eigenvalue weighted by atomic mass is 9.97. The number of aliphatic hydroxyl groups excluding tert-OH is 1. The molecule has 2 aliphatic heterocycles. The maximum Gasteiger partial charge on any atom is 0.253 e. The van der Waals surface area contributed by atoms with Crippen LogP contribution in [0, 0.1) is 5.92 Å². The summed E-state index contributed by atoms with van der Waals surface area (Å²) in [7, 11) is 0. The van der Waals surface area contributed by atoms with Gasteiger partial charge in [0.05, 0.1) is 12.7 Å². The number of halogens is 1. The third-order valence-electron chi connectivity index (χ3n) is 6.43. The molecule has 0 saturated carbocycles. The first-order valence-corrected chi connectivity index (χ1v) is 11.8. The third kappa shape index (κ3) is 6.51. The summed E-state index contributed by atoms with van der Waals surface area (Å²) < 4.78 is 19.7. The maximum atomic E-state index is 13.8. The number of hydrogen-bond acceptors (Lipinski definition) is 5. The highest BCUT2D eigenvalue weighted by atomic mass is 19.1. The highest BCUT2D eigenvalue weighted by Crippen LogP contribution is 2.24. The van der Waals surface area contributed by atoms with Crippen molar-refractivity contribution in [2.45, 2.75) is 44.9 Å². The number of alkyl halides is 1. The van der Waals surface area contributed by atoms with Crippen molar-refractivity contribution in [2.75, 3.05) is 39.3 Å². The van der Waals surface area contributed by atoms with E-state index in [1.165, 1.54) is 0 Å². The zero-order chi connectivity index (χ0) is 23.4. The molecule has 6 nitrogen and oxygen atoms in total. The van der Waals surface area contributed by atoms with Crippen LogP contribution < -0.4 is 4.74 Å². The van der Waals surface area contributed by atoms with E-state index >= 15 is 0 Å². The number of benzene rings is 1. The second kappa shape index (κ2) is 10.2. The van der Waals surface area contributed by atoms with Crippen LogP contribution >= 0.6 is 0 Å². The molecule has 1 amide bonds. The normalized spacial score (nSPS) is 20.2. The Labute approximate surface area is 195 Å². The van der Waals surface area contributed by atoms with Crippen LogP contribution in [0.4, 0.5) is 4.39 Å². The summed E-state index contributed by atoms with van der Waals surface area (Å²) in [4.78, 5) is 20.9. The summed E-state index contributed by atoms with van der Waals surface area (Å²) in [5.74, 6) is 1.02. The molecule has 0 aliphatic carbocycles. The van der Waals surface area contributed by atoms with Gasteiger partial charge in [-0.05, 0) is 75.9 Å². The molecule has 0 unspecified atom stereocenters. The van der Waals surface area contributed by atoms with E-state index < -0.39 is 11.8 Å². The van der Waals surface area contributed by atoms with E-state index in [9.17, 15) is 14.3 Å². The minimum Gasteiger partial charge on any atom is -0.477 e. The third-order valence-corrected chi connectivity index (χ3v) is 6.43. The number of aromatic nitrogens is 1. The number of carbonyl (C=O) groups is 1. The Kier molecular flexibility index (Phi) is 7.29. The van der Waals surface area contributed by atoms with Gasteiger partial charge in [0.25, 0.3) is 5.91 Å². The molecule has 178 valence electrons. The Balaban J connectivity index is 1.26. The molecular formula is C26H34FN3O3. The standard InChI is InChI=1S/C26H34FN3O3/c1-26(2,27)18-29-12-9-19(10-13-29)17-33-24-8-7-22(15-28-24)20-3-5-21(6-4-20)25(32)30-14-11-23(31)16-30/h3-8,15,19,23,31H,9-14,16-18H2,1-2H3/t23-/m0/s1. The second-order valence-corrected chi connectivity index (χ2v) is 9.91. The highest BCUT2D eigenvalue weighted by molar-refractivity contribution is 5.94. The van der Waals surface area contributed by atoms with E-state index in [-0.39, 0.29) is 5.91 Å². The molecule has 33 heavy (non-hydrogen) atoms. The molecule has 0 bridgehead atoms. The number of aliphatic hydroxyl groups is 1. The van der Waals surface area contributed by atoms with E-state index in [1.807, 2.05) is 36.4 Å². The minimum absolute atomic E-state index is 0.0424. The van der Waals surface area contributed by atoms with Crippen LogP contribution in [0.3, 0.4) is 0 Å².